The summed E-state index contributed by atoms with van der Waals surface area (Å²) >= 11 is 2.88. The Kier molecular flexibility index (Phi) is 4.05. The Hall–Kier alpha value is -1.51. The van der Waals surface area contributed by atoms with Crippen molar-refractivity contribution in [1.82, 2.24) is 0 Å². The first-order chi connectivity index (χ1) is 8.20. The molecule has 0 aliphatic rings. The molecule has 0 amide bonds. The second kappa shape index (κ2) is 5.01. The summed E-state index contributed by atoms with van der Waals surface area (Å²) in [7, 11) is 0. The Morgan fingerprint density at radius 1 is 0.778 bits per heavy atom. The number of rotatable bonds is 2. The lowest BCUT2D eigenvalue weighted by Crippen LogP contribution is -2.09. The van der Waals surface area contributed by atoms with Gasteiger partial charge in [0.2, 0.25) is 10.9 Å². The Morgan fingerprint density at radius 2 is 1.11 bits per heavy atom. The molecular formula is C9HF7OS. The maximum Gasteiger partial charge on any atom is 0.282 e. The van der Waals surface area contributed by atoms with Gasteiger partial charge in [0.1, 0.15) is 5.57 Å². The minimum Gasteiger partial charge on any atom is -0.282 e. The number of carbonyl (C=O) groups excluding carboxylic acids is 1. The zero-order chi connectivity index (χ0) is 14.2. The van der Waals surface area contributed by atoms with Gasteiger partial charge in [0, 0.05) is 0 Å². The van der Waals surface area contributed by atoms with Gasteiger partial charge in [0.25, 0.3) is 6.08 Å². The number of hydrogen-bond donors (Lipinski definition) is 1. The SMILES string of the molecule is O=C(S)C(=C(F)F)c1c(F)c(F)c(F)c(F)c1F. The third kappa shape index (κ3) is 2.22. The van der Waals surface area contributed by atoms with Crippen LogP contribution in [-0.4, -0.2) is 5.12 Å². The van der Waals surface area contributed by atoms with Crippen LogP contribution in [0.25, 0.3) is 5.57 Å². The molecule has 0 saturated carbocycles. The fraction of sp³-hybridized carbons (Fsp3) is 0. The highest BCUT2D eigenvalue weighted by molar-refractivity contribution is 7.98. The maximum absolute atomic E-state index is 13.1. The quantitative estimate of drug-likeness (QED) is 0.290. The number of thiol groups is 1. The minimum absolute atomic E-state index is 1.83. The molecule has 0 heterocycles. The lowest BCUT2D eigenvalue weighted by Gasteiger charge is -2.08. The van der Waals surface area contributed by atoms with Gasteiger partial charge < -0.3 is 0 Å². The van der Waals surface area contributed by atoms with Crippen LogP contribution in [0.5, 0.6) is 0 Å². The standard InChI is InChI=1S/C9HF7OS/c10-3-1(2(8(15)16)9(17)18)4(11)6(13)7(14)5(3)12/h(H,17,18). The molecule has 0 N–H and O–H groups in total. The first-order valence-corrected chi connectivity index (χ1v) is 4.45. The normalized spacial score (nSPS) is 10.4. The van der Waals surface area contributed by atoms with Crippen molar-refractivity contribution >= 4 is 23.3 Å². The summed E-state index contributed by atoms with van der Waals surface area (Å²) < 4.78 is 88.9. The molecule has 9 heteroatoms. The second-order valence-electron chi connectivity index (χ2n) is 2.89. The molecule has 0 aliphatic heterocycles. The average molecular weight is 290 g/mol. The van der Waals surface area contributed by atoms with E-state index < -0.39 is 51.4 Å². The Morgan fingerprint density at radius 3 is 1.39 bits per heavy atom. The van der Waals surface area contributed by atoms with Crippen molar-refractivity contribution in [3.05, 3.63) is 40.7 Å². The molecule has 1 aromatic carbocycles. The van der Waals surface area contributed by atoms with Crippen molar-refractivity contribution in [2.75, 3.05) is 0 Å². The van der Waals surface area contributed by atoms with Crippen LogP contribution in [0.15, 0.2) is 6.08 Å². The number of halogens is 7. The molecule has 98 valence electrons. The summed E-state index contributed by atoms with van der Waals surface area (Å²) in [6, 6.07) is 0. The van der Waals surface area contributed by atoms with E-state index in [1.54, 1.807) is 0 Å². The third-order valence-corrected chi connectivity index (χ3v) is 2.09. The maximum atomic E-state index is 13.1. The second-order valence-corrected chi connectivity index (χ2v) is 3.29. The number of benzene rings is 1. The highest BCUT2D eigenvalue weighted by atomic mass is 32.1. The van der Waals surface area contributed by atoms with Gasteiger partial charge in [-0.2, -0.15) is 8.78 Å². The van der Waals surface area contributed by atoms with E-state index in [4.69, 9.17) is 0 Å². The topological polar surface area (TPSA) is 17.1 Å². The molecule has 0 radical (unpaired) electrons. The molecule has 1 aromatic rings. The highest BCUT2D eigenvalue weighted by Gasteiger charge is 2.31. The monoisotopic (exact) mass is 290 g/mol. The Bertz CT molecular complexity index is 534. The summed E-state index contributed by atoms with van der Waals surface area (Å²) in [5.41, 5.74) is -3.99. The molecular weight excluding hydrogens is 289 g/mol. The van der Waals surface area contributed by atoms with Crippen LogP contribution in [0.4, 0.5) is 30.7 Å². The largest absolute Gasteiger partial charge is 0.282 e. The minimum atomic E-state index is -2.92. The zero-order valence-electron chi connectivity index (χ0n) is 8.00. The van der Waals surface area contributed by atoms with Crippen LogP contribution in [0, 0.1) is 29.1 Å². The van der Waals surface area contributed by atoms with Gasteiger partial charge >= 0.3 is 0 Å². The first-order valence-electron chi connectivity index (χ1n) is 4.00. The summed E-state index contributed by atoms with van der Waals surface area (Å²) in [6.45, 7) is 0. The average Bonchev–Trinajstić information content (AvgIpc) is 2.28. The smallest absolute Gasteiger partial charge is 0.282 e. The highest BCUT2D eigenvalue weighted by Crippen LogP contribution is 2.32. The molecule has 0 bridgehead atoms. The van der Waals surface area contributed by atoms with E-state index in [0.29, 0.717) is 0 Å². The lowest BCUT2D eigenvalue weighted by atomic mass is 10.1. The van der Waals surface area contributed by atoms with Gasteiger partial charge in [-0.1, -0.05) is 0 Å². The molecule has 1 nitrogen and oxygen atoms in total. The predicted octanol–water partition coefficient (Wildman–Crippen LogP) is 3.45. The van der Waals surface area contributed by atoms with Gasteiger partial charge in [0.05, 0.1) is 5.56 Å². The van der Waals surface area contributed by atoms with Gasteiger partial charge in [0.15, 0.2) is 23.3 Å². The van der Waals surface area contributed by atoms with Crippen molar-refractivity contribution in [3.8, 4) is 0 Å². The Labute approximate surface area is 100 Å². The van der Waals surface area contributed by atoms with Crippen LogP contribution in [0.1, 0.15) is 5.56 Å². The lowest BCUT2D eigenvalue weighted by molar-refractivity contribution is -0.106. The van der Waals surface area contributed by atoms with E-state index >= 15 is 0 Å². The van der Waals surface area contributed by atoms with Crippen LogP contribution in [-0.2, 0) is 4.79 Å². The fourth-order valence-electron chi connectivity index (χ4n) is 1.11. The van der Waals surface area contributed by atoms with Crippen LogP contribution >= 0.6 is 12.6 Å². The summed E-state index contributed by atoms with van der Waals surface area (Å²) in [6.07, 6.45) is -2.92. The molecule has 0 saturated heterocycles. The van der Waals surface area contributed by atoms with Crippen molar-refractivity contribution < 1.29 is 35.5 Å². The fourth-order valence-corrected chi connectivity index (χ4v) is 1.30. The van der Waals surface area contributed by atoms with E-state index in [1.807, 2.05) is 0 Å². The number of hydrogen-bond acceptors (Lipinski definition) is 1. The van der Waals surface area contributed by atoms with E-state index in [-0.39, 0.29) is 0 Å². The van der Waals surface area contributed by atoms with Gasteiger partial charge in [-0.15, -0.1) is 12.6 Å². The summed E-state index contributed by atoms with van der Waals surface area (Å²) in [5, 5.41) is -1.83. The van der Waals surface area contributed by atoms with Crippen LogP contribution in [0.3, 0.4) is 0 Å². The van der Waals surface area contributed by atoms with Gasteiger partial charge in [-0.25, -0.2) is 22.0 Å². The molecule has 0 unspecified atom stereocenters. The van der Waals surface area contributed by atoms with Crippen molar-refractivity contribution in [2.24, 2.45) is 0 Å². The van der Waals surface area contributed by atoms with E-state index in [2.05, 4.69) is 12.6 Å². The molecule has 18 heavy (non-hydrogen) atoms. The first kappa shape index (κ1) is 14.6. The summed E-state index contributed by atoms with van der Waals surface area (Å²) in [4.78, 5) is 10.7. The molecule has 0 aliphatic carbocycles. The van der Waals surface area contributed by atoms with Crippen molar-refractivity contribution in [1.29, 1.82) is 0 Å². The third-order valence-electron chi connectivity index (χ3n) is 1.86. The van der Waals surface area contributed by atoms with Crippen LogP contribution in [0.2, 0.25) is 0 Å². The van der Waals surface area contributed by atoms with Gasteiger partial charge in [-0.3, -0.25) is 4.79 Å². The Balaban J connectivity index is 3.82. The molecule has 0 atom stereocenters. The van der Waals surface area contributed by atoms with Crippen molar-refractivity contribution in [2.45, 2.75) is 0 Å². The van der Waals surface area contributed by atoms with E-state index in [0.717, 1.165) is 0 Å². The number of carbonyl (C=O) groups is 1. The summed E-state index contributed by atoms with van der Waals surface area (Å²) in [5.74, 6) is -12.4. The van der Waals surface area contributed by atoms with Gasteiger partial charge in [-0.05, 0) is 0 Å². The zero-order valence-corrected chi connectivity index (χ0v) is 8.90. The predicted molar refractivity (Wildman–Crippen MR) is 49.4 cm³/mol. The van der Waals surface area contributed by atoms with Crippen LogP contribution < -0.4 is 0 Å². The molecule has 0 fully saturated rings. The molecule has 1 rings (SSSR count). The molecule has 0 spiro atoms. The van der Waals surface area contributed by atoms with E-state index in [1.165, 1.54) is 0 Å². The van der Waals surface area contributed by atoms with Crippen molar-refractivity contribution in [3.63, 3.8) is 0 Å². The van der Waals surface area contributed by atoms with E-state index in [9.17, 15) is 35.5 Å². The molecule has 0 aromatic heterocycles.